The van der Waals surface area contributed by atoms with Gasteiger partial charge in [0.1, 0.15) is 5.82 Å². The van der Waals surface area contributed by atoms with Gasteiger partial charge in [-0.25, -0.2) is 13.9 Å². The summed E-state index contributed by atoms with van der Waals surface area (Å²) in [4.78, 5) is 20.7. The zero-order valence-electron chi connectivity index (χ0n) is 16.2. The Morgan fingerprint density at radius 3 is 2.68 bits per heavy atom. The third kappa shape index (κ3) is 3.89. The van der Waals surface area contributed by atoms with Crippen LogP contribution in [0.25, 0.3) is 16.8 Å². The predicted molar refractivity (Wildman–Crippen MR) is 105 cm³/mol. The van der Waals surface area contributed by atoms with E-state index >= 15 is 0 Å². The molecule has 0 aliphatic carbocycles. The lowest BCUT2D eigenvalue weighted by atomic mass is 9.96. The molecule has 1 aliphatic rings. The fourth-order valence-electron chi connectivity index (χ4n) is 3.67. The molecule has 3 heterocycles. The molecule has 7 heteroatoms. The number of hydrogen-bond donors (Lipinski definition) is 0. The van der Waals surface area contributed by atoms with E-state index in [4.69, 9.17) is 0 Å². The Bertz CT molecular complexity index is 991. The van der Waals surface area contributed by atoms with E-state index < -0.39 is 0 Å². The van der Waals surface area contributed by atoms with Gasteiger partial charge < -0.3 is 9.80 Å². The average molecular weight is 381 g/mol. The van der Waals surface area contributed by atoms with E-state index in [1.54, 1.807) is 10.6 Å². The van der Waals surface area contributed by atoms with Crippen LogP contribution < -0.4 is 0 Å². The Morgan fingerprint density at radius 2 is 1.96 bits per heavy atom. The Balaban J connectivity index is 1.49. The Hall–Kier alpha value is -2.80. The summed E-state index contributed by atoms with van der Waals surface area (Å²) in [6, 6.07) is 10.4. The van der Waals surface area contributed by atoms with Crippen molar-refractivity contribution in [3.63, 3.8) is 0 Å². The maximum atomic E-state index is 13.5. The quantitative estimate of drug-likeness (QED) is 0.697. The fraction of sp³-hybridized carbons (Fsp3) is 0.381. The molecule has 1 saturated heterocycles. The average Bonchev–Trinajstić information content (AvgIpc) is 3.11. The smallest absolute Gasteiger partial charge is 0.236 e. The highest BCUT2D eigenvalue weighted by atomic mass is 19.1. The second-order valence-corrected chi connectivity index (χ2v) is 7.59. The molecule has 0 spiro atoms. The molecule has 3 aromatic rings. The number of amides is 1. The number of hydrogen-bond acceptors (Lipinski definition) is 4. The number of rotatable bonds is 4. The topological polar surface area (TPSA) is 53.7 Å². The van der Waals surface area contributed by atoms with Gasteiger partial charge in [-0.2, -0.15) is 5.10 Å². The zero-order valence-corrected chi connectivity index (χ0v) is 16.2. The number of likely N-dealkylation sites (tertiary alicyclic amines) is 1. The van der Waals surface area contributed by atoms with Crippen molar-refractivity contribution in [1.29, 1.82) is 0 Å². The van der Waals surface area contributed by atoms with E-state index in [0.29, 0.717) is 6.54 Å². The second kappa shape index (κ2) is 7.67. The van der Waals surface area contributed by atoms with E-state index in [1.165, 1.54) is 12.1 Å². The molecule has 0 atom stereocenters. The summed E-state index contributed by atoms with van der Waals surface area (Å²) in [7, 11) is 3.81. The van der Waals surface area contributed by atoms with E-state index in [-0.39, 0.29) is 17.6 Å². The molecule has 1 aromatic carbocycles. The van der Waals surface area contributed by atoms with E-state index in [0.717, 1.165) is 48.5 Å². The van der Waals surface area contributed by atoms with Crippen LogP contribution in [0.1, 0.15) is 24.6 Å². The Labute approximate surface area is 163 Å². The number of nitrogens with zero attached hydrogens (tertiary/aromatic N) is 5. The molecule has 0 radical (unpaired) electrons. The van der Waals surface area contributed by atoms with Gasteiger partial charge in [-0.3, -0.25) is 4.79 Å². The number of likely N-dealkylation sites (N-methyl/N-ethyl adjacent to an activating group) is 1. The van der Waals surface area contributed by atoms with Crippen LogP contribution in [0.15, 0.2) is 42.6 Å². The van der Waals surface area contributed by atoms with Crippen LogP contribution in [0.4, 0.5) is 4.39 Å². The lowest BCUT2D eigenvalue weighted by Gasteiger charge is -2.31. The molecule has 2 aromatic heterocycles. The van der Waals surface area contributed by atoms with Crippen molar-refractivity contribution in [3.8, 4) is 11.1 Å². The number of aromatic nitrogens is 3. The van der Waals surface area contributed by atoms with Gasteiger partial charge in [0, 0.05) is 30.8 Å². The van der Waals surface area contributed by atoms with Crippen LogP contribution in [0.2, 0.25) is 0 Å². The van der Waals surface area contributed by atoms with Crippen molar-refractivity contribution in [1.82, 2.24) is 24.4 Å². The fourth-order valence-corrected chi connectivity index (χ4v) is 3.67. The van der Waals surface area contributed by atoms with Crippen LogP contribution in [-0.2, 0) is 4.79 Å². The molecule has 1 fully saturated rings. The summed E-state index contributed by atoms with van der Waals surface area (Å²) in [5, 5.41) is 4.66. The largest absolute Gasteiger partial charge is 0.342 e. The predicted octanol–water partition coefficient (Wildman–Crippen LogP) is 2.80. The van der Waals surface area contributed by atoms with Crippen molar-refractivity contribution in [2.24, 2.45) is 0 Å². The standard InChI is InChI=1S/C21H24FN5O/c1-25(2)14-20(28)26-10-8-15(9-11-26)21-23-19-7-6-17(13-27(19)24-21)16-4-3-5-18(22)12-16/h3-7,12-13,15H,8-11,14H2,1-2H3. The minimum absolute atomic E-state index is 0.172. The zero-order chi connectivity index (χ0) is 19.7. The summed E-state index contributed by atoms with van der Waals surface area (Å²) in [6.07, 6.45) is 3.62. The van der Waals surface area contributed by atoms with Gasteiger partial charge in [-0.1, -0.05) is 12.1 Å². The first-order valence-electron chi connectivity index (χ1n) is 9.54. The highest BCUT2D eigenvalue weighted by Crippen LogP contribution is 2.27. The molecule has 0 bridgehead atoms. The van der Waals surface area contributed by atoms with Crippen molar-refractivity contribution >= 4 is 11.6 Å². The van der Waals surface area contributed by atoms with Gasteiger partial charge in [0.05, 0.1) is 6.54 Å². The third-order valence-electron chi connectivity index (χ3n) is 5.17. The number of piperidine rings is 1. The molecule has 28 heavy (non-hydrogen) atoms. The van der Waals surface area contributed by atoms with Gasteiger partial charge >= 0.3 is 0 Å². The second-order valence-electron chi connectivity index (χ2n) is 7.59. The first-order chi connectivity index (χ1) is 13.5. The molecular formula is C21H24FN5O. The summed E-state index contributed by atoms with van der Waals surface area (Å²) < 4.78 is 15.3. The van der Waals surface area contributed by atoms with Gasteiger partial charge in [0.25, 0.3) is 0 Å². The van der Waals surface area contributed by atoms with E-state index in [2.05, 4.69) is 10.1 Å². The summed E-state index contributed by atoms with van der Waals surface area (Å²) in [5.74, 6) is 0.982. The maximum Gasteiger partial charge on any atom is 0.236 e. The normalized spacial score (nSPS) is 15.5. The van der Waals surface area contributed by atoms with Gasteiger partial charge in [-0.05, 0) is 56.8 Å². The Kier molecular flexibility index (Phi) is 5.09. The first kappa shape index (κ1) is 18.6. The third-order valence-corrected chi connectivity index (χ3v) is 5.17. The molecule has 146 valence electrons. The van der Waals surface area contributed by atoms with E-state index in [1.807, 2.05) is 48.3 Å². The highest BCUT2D eigenvalue weighted by Gasteiger charge is 2.26. The Morgan fingerprint density at radius 1 is 1.18 bits per heavy atom. The van der Waals surface area contributed by atoms with Crippen molar-refractivity contribution < 1.29 is 9.18 Å². The first-order valence-corrected chi connectivity index (χ1v) is 9.54. The minimum Gasteiger partial charge on any atom is -0.342 e. The van der Waals surface area contributed by atoms with Crippen LogP contribution >= 0.6 is 0 Å². The van der Waals surface area contributed by atoms with Gasteiger partial charge in [0.15, 0.2) is 11.5 Å². The maximum absolute atomic E-state index is 13.5. The molecular weight excluding hydrogens is 357 g/mol. The highest BCUT2D eigenvalue weighted by molar-refractivity contribution is 5.78. The summed E-state index contributed by atoms with van der Waals surface area (Å²) in [5.41, 5.74) is 2.49. The lowest BCUT2D eigenvalue weighted by molar-refractivity contribution is -0.132. The molecule has 0 N–H and O–H groups in total. The molecule has 6 nitrogen and oxygen atoms in total. The number of carbonyl (C=O) groups is 1. The summed E-state index contributed by atoms with van der Waals surface area (Å²) >= 11 is 0. The minimum atomic E-state index is -0.257. The summed E-state index contributed by atoms with van der Waals surface area (Å²) in [6.45, 7) is 1.92. The van der Waals surface area contributed by atoms with Crippen molar-refractivity contribution in [2.45, 2.75) is 18.8 Å². The van der Waals surface area contributed by atoms with E-state index in [9.17, 15) is 9.18 Å². The van der Waals surface area contributed by atoms with Crippen LogP contribution in [0.5, 0.6) is 0 Å². The molecule has 1 amide bonds. The number of fused-ring (bicyclic) bond motifs is 1. The van der Waals surface area contributed by atoms with Gasteiger partial charge in [-0.15, -0.1) is 0 Å². The number of benzene rings is 1. The van der Waals surface area contributed by atoms with Crippen LogP contribution in [0, 0.1) is 5.82 Å². The van der Waals surface area contributed by atoms with Gasteiger partial charge in [0.2, 0.25) is 5.91 Å². The number of halogens is 1. The molecule has 0 unspecified atom stereocenters. The van der Waals surface area contributed by atoms with Crippen molar-refractivity contribution in [2.75, 3.05) is 33.7 Å². The lowest BCUT2D eigenvalue weighted by Crippen LogP contribution is -2.42. The molecule has 0 saturated carbocycles. The monoisotopic (exact) mass is 381 g/mol. The van der Waals surface area contributed by atoms with Crippen molar-refractivity contribution in [3.05, 3.63) is 54.2 Å². The number of pyridine rings is 1. The van der Waals surface area contributed by atoms with Crippen LogP contribution in [-0.4, -0.2) is 64.0 Å². The molecule has 1 aliphatic heterocycles. The SMILES string of the molecule is CN(C)CC(=O)N1CCC(c2nc3ccc(-c4cccc(F)c4)cn3n2)CC1. The molecule has 4 rings (SSSR count). The number of carbonyl (C=O) groups excluding carboxylic acids is 1. The van der Waals surface area contributed by atoms with Crippen LogP contribution in [0.3, 0.4) is 0 Å².